The Labute approximate surface area is 129 Å². The molecule has 1 unspecified atom stereocenters. The predicted molar refractivity (Wildman–Crippen MR) is 89.0 cm³/mol. The third kappa shape index (κ3) is 2.99. The third-order valence-electron chi connectivity index (χ3n) is 3.96. The summed E-state index contributed by atoms with van der Waals surface area (Å²) < 4.78 is 2.41. The maximum Gasteiger partial charge on any atom is 0.111 e. The molecule has 1 aliphatic heterocycles. The summed E-state index contributed by atoms with van der Waals surface area (Å²) in [6.07, 6.45) is 4.93. The first-order valence-corrected chi connectivity index (χ1v) is 8.99. The average molecular weight is 309 g/mol. The average Bonchev–Trinajstić information content (AvgIpc) is 2.78. The van der Waals surface area contributed by atoms with Crippen molar-refractivity contribution < 1.29 is 0 Å². The molecule has 2 nitrogen and oxygen atoms in total. The first-order chi connectivity index (χ1) is 9.78. The number of aromatic nitrogens is 2. The summed E-state index contributed by atoms with van der Waals surface area (Å²) in [6.45, 7) is 3.23. The van der Waals surface area contributed by atoms with E-state index in [4.69, 9.17) is 16.6 Å². The topological polar surface area (TPSA) is 17.8 Å². The third-order valence-corrected chi connectivity index (χ3v) is 5.53. The van der Waals surface area contributed by atoms with Crippen LogP contribution >= 0.6 is 23.4 Å². The minimum absolute atomic E-state index is 0.639. The van der Waals surface area contributed by atoms with Crippen LogP contribution in [0.2, 0.25) is 0 Å². The van der Waals surface area contributed by atoms with E-state index in [0.717, 1.165) is 29.6 Å². The Balaban J connectivity index is 1.96. The van der Waals surface area contributed by atoms with E-state index >= 15 is 0 Å². The van der Waals surface area contributed by atoms with Crippen molar-refractivity contribution >= 4 is 34.4 Å². The number of rotatable bonds is 4. The lowest BCUT2D eigenvalue weighted by Gasteiger charge is -2.23. The van der Waals surface area contributed by atoms with Crippen molar-refractivity contribution in [1.29, 1.82) is 0 Å². The number of hydrogen-bond donors (Lipinski definition) is 0. The fourth-order valence-electron chi connectivity index (χ4n) is 2.92. The van der Waals surface area contributed by atoms with Crippen molar-refractivity contribution in [2.45, 2.75) is 44.4 Å². The molecule has 3 rings (SSSR count). The molecule has 1 aromatic carbocycles. The van der Waals surface area contributed by atoms with Gasteiger partial charge < -0.3 is 4.57 Å². The molecule has 2 heterocycles. The van der Waals surface area contributed by atoms with E-state index in [1.54, 1.807) is 0 Å². The molecule has 0 aliphatic carbocycles. The van der Waals surface area contributed by atoms with Gasteiger partial charge in [0.15, 0.2) is 0 Å². The summed E-state index contributed by atoms with van der Waals surface area (Å²) in [5, 5.41) is 0.732. The lowest BCUT2D eigenvalue weighted by Crippen LogP contribution is -2.18. The maximum absolute atomic E-state index is 5.95. The van der Waals surface area contributed by atoms with Crippen molar-refractivity contribution in [3.8, 4) is 0 Å². The van der Waals surface area contributed by atoms with Gasteiger partial charge in [-0.25, -0.2) is 4.98 Å². The van der Waals surface area contributed by atoms with Crippen LogP contribution in [0.4, 0.5) is 0 Å². The molecule has 4 heteroatoms. The van der Waals surface area contributed by atoms with Crippen molar-refractivity contribution in [1.82, 2.24) is 9.55 Å². The van der Waals surface area contributed by atoms with Crippen molar-refractivity contribution in [2.24, 2.45) is 0 Å². The van der Waals surface area contributed by atoms with Crippen LogP contribution in [-0.2, 0) is 13.0 Å². The normalized spacial score (nSPS) is 19.6. The Hall–Kier alpha value is -0.670. The molecule has 0 bridgehead atoms. The Morgan fingerprint density at radius 2 is 2.30 bits per heavy atom. The number of nitrogens with zero attached hydrogens (tertiary/aromatic N) is 2. The summed E-state index contributed by atoms with van der Waals surface area (Å²) >= 11 is 8.07. The molecule has 108 valence electrons. The van der Waals surface area contributed by atoms with Crippen LogP contribution in [0.25, 0.3) is 11.0 Å². The number of alkyl halides is 1. The summed E-state index contributed by atoms with van der Waals surface area (Å²) in [7, 11) is 0. The molecule has 1 saturated heterocycles. The number of halogens is 1. The molecular formula is C16H21ClN2S. The Morgan fingerprint density at radius 1 is 1.40 bits per heavy atom. The Kier molecular flexibility index (Phi) is 4.57. The minimum atomic E-state index is 0.639. The number of hydrogen-bond acceptors (Lipinski definition) is 2. The van der Waals surface area contributed by atoms with Crippen LogP contribution in [0.5, 0.6) is 0 Å². The lowest BCUT2D eigenvalue weighted by molar-refractivity contribution is 0.577. The van der Waals surface area contributed by atoms with Gasteiger partial charge in [-0.3, -0.25) is 0 Å². The monoisotopic (exact) mass is 308 g/mol. The van der Waals surface area contributed by atoms with Gasteiger partial charge in [0.1, 0.15) is 5.82 Å². The standard InChI is InChI=1S/C16H21ClN2S/c1-12-5-6-14-15(10-12)19(16(18-14)7-8-17)11-13-4-2-3-9-20-13/h5-6,10,13H,2-4,7-9,11H2,1H3. The highest BCUT2D eigenvalue weighted by Crippen LogP contribution is 2.28. The molecule has 0 amide bonds. The van der Waals surface area contributed by atoms with Crippen LogP contribution in [0.1, 0.15) is 30.7 Å². The van der Waals surface area contributed by atoms with Gasteiger partial charge in [-0.2, -0.15) is 11.8 Å². The van der Waals surface area contributed by atoms with Crippen molar-refractivity contribution in [2.75, 3.05) is 11.6 Å². The van der Waals surface area contributed by atoms with Crippen LogP contribution in [0.3, 0.4) is 0 Å². The van der Waals surface area contributed by atoms with Gasteiger partial charge in [-0.15, -0.1) is 11.6 Å². The number of thioether (sulfide) groups is 1. The highest BCUT2D eigenvalue weighted by Gasteiger charge is 2.18. The van der Waals surface area contributed by atoms with E-state index in [1.807, 2.05) is 0 Å². The first kappa shape index (κ1) is 14.3. The smallest absolute Gasteiger partial charge is 0.111 e. The molecular weight excluding hydrogens is 288 g/mol. The number of aryl methyl sites for hydroxylation is 2. The summed E-state index contributed by atoms with van der Waals surface area (Å²) in [5.41, 5.74) is 3.68. The lowest BCUT2D eigenvalue weighted by atomic mass is 10.2. The molecule has 1 aromatic heterocycles. The van der Waals surface area contributed by atoms with Gasteiger partial charge in [0.2, 0.25) is 0 Å². The number of imidazole rings is 1. The van der Waals surface area contributed by atoms with Crippen LogP contribution in [0.15, 0.2) is 18.2 Å². The van der Waals surface area contributed by atoms with Gasteiger partial charge in [-0.05, 0) is 43.2 Å². The summed E-state index contributed by atoms with van der Waals surface area (Å²) in [5.74, 6) is 3.09. The molecule has 0 spiro atoms. The summed E-state index contributed by atoms with van der Waals surface area (Å²) in [6, 6.07) is 6.53. The van der Waals surface area contributed by atoms with Gasteiger partial charge in [0.25, 0.3) is 0 Å². The molecule has 20 heavy (non-hydrogen) atoms. The predicted octanol–water partition coefficient (Wildman–Crippen LogP) is 4.41. The fourth-order valence-corrected chi connectivity index (χ4v) is 4.38. The zero-order valence-corrected chi connectivity index (χ0v) is 13.5. The second kappa shape index (κ2) is 6.40. The van der Waals surface area contributed by atoms with E-state index in [2.05, 4.69) is 41.5 Å². The van der Waals surface area contributed by atoms with Crippen molar-refractivity contribution in [3.05, 3.63) is 29.6 Å². The molecule has 0 radical (unpaired) electrons. The first-order valence-electron chi connectivity index (χ1n) is 7.41. The minimum Gasteiger partial charge on any atom is -0.327 e. The van der Waals surface area contributed by atoms with E-state index in [-0.39, 0.29) is 0 Å². The van der Waals surface area contributed by atoms with Crippen LogP contribution < -0.4 is 0 Å². The van der Waals surface area contributed by atoms with Crippen molar-refractivity contribution in [3.63, 3.8) is 0 Å². The van der Waals surface area contributed by atoms with E-state index in [1.165, 1.54) is 36.1 Å². The quantitative estimate of drug-likeness (QED) is 0.779. The van der Waals surface area contributed by atoms with Crippen LogP contribution in [0, 0.1) is 6.92 Å². The SMILES string of the molecule is Cc1ccc2nc(CCCl)n(CC3CCCCS3)c2c1. The zero-order valence-electron chi connectivity index (χ0n) is 11.9. The van der Waals surface area contributed by atoms with Gasteiger partial charge >= 0.3 is 0 Å². The van der Waals surface area contributed by atoms with E-state index in [9.17, 15) is 0 Å². The maximum atomic E-state index is 5.95. The molecule has 0 N–H and O–H groups in total. The second-order valence-corrected chi connectivity index (χ2v) is 7.34. The van der Waals surface area contributed by atoms with Gasteiger partial charge in [0.05, 0.1) is 11.0 Å². The largest absolute Gasteiger partial charge is 0.327 e. The summed E-state index contributed by atoms with van der Waals surface area (Å²) in [4.78, 5) is 4.78. The molecule has 2 aromatic rings. The molecule has 1 fully saturated rings. The van der Waals surface area contributed by atoms with E-state index < -0.39 is 0 Å². The van der Waals surface area contributed by atoms with Gasteiger partial charge in [-0.1, -0.05) is 12.5 Å². The van der Waals surface area contributed by atoms with E-state index in [0.29, 0.717) is 5.88 Å². The highest BCUT2D eigenvalue weighted by molar-refractivity contribution is 7.99. The molecule has 1 atom stereocenters. The Bertz CT molecular complexity index is 587. The van der Waals surface area contributed by atoms with Gasteiger partial charge in [0, 0.05) is 24.1 Å². The van der Waals surface area contributed by atoms with Crippen LogP contribution in [-0.4, -0.2) is 26.4 Å². The highest BCUT2D eigenvalue weighted by atomic mass is 35.5. The number of benzene rings is 1. The number of fused-ring (bicyclic) bond motifs is 1. The molecule has 1 aliphatic rings. The zero-order chi connectivity index (χ0) is 13.9. The fraction of sp³-hybridized carbons (Fsp3) is 0.562. The second-order valence-electron chi connectivity index (χ2n) is 5.56. The Morgan fingerprint density at radius 3 is 3.05 bits per heavy atom. The molecule has 0 saturated carbocycles.